The summed E-state index contributed by atoms with van der Waals surface area (Å²) in [6, 6.07) is 1.91. The Morgan fingerprint density at radius 1 is 1.39 bits per heavy atom. The van der Waals surface area contributed by atoms with E-state index >= 15 is 0 Å². The Morgan fingerprint density at radius 2 is 2.04 bits per heavy atom. The topological polar surface area (TPSA) is 142 Å². The molecule has 3 rings (SSSR count). The van der Waals surface area contributed by atoms with Gasteiger partial charge in [0.15, 0.2) is 5.82 Å². The highest BCUT2D eigenvalue weighted by Gasteiger charge is 2.24. The van der Waals surface area contributed by atoms with E-state index in [1.165, 1.54) is 0 Å². The zero-order chi connectivity index (χ0) is 16.9. The molecule has 3 heterocycles. The minimum Gasteiger partial charge on any atom is -0.483 e. The van der Waals surface area contributed by atoms with Crippen molar-refractivity contribution in [3.63, 3.8) is 0 Å². The lowest BCUT2D eigenvalue weighted by atomic mass is 9.99. The largest absolute Gasteiger partial charge is 0.483 e. The summed E-state index contributed by atoms with van der Waals surface area (Å²) in [5.41, 5.74) is 1.82. The molecule has 4 N–H and O–H groups in total. The van der Waals surface area contributed by atoms with Crippen LogP contribution >= 0.6 is 0 Å². The summed E-state index contributed by atoms with van der Waals surface area (Å²) < 4.78 is 22.3. The number of anilines is 1. The third-order valence-corrected chi connectivity index (χ3v) is 4.64. The van der Waals surface area contributed by atoms with Crippen molar-refractivity contribution in [2.24, 2.45) is 11.1 Å². The number of nitrogens with zero attached hydrogens (tertiary/aromatic N) is 3. The van der Waals surface area contributed by atoms with Crippen LogP contribution in [0.25, 0.3) is 11.0 Å². The summed E-state index contributed by atoms with van der Waals surface area (Å²) in [7, 11) is -3.38. The molecule has 23 heavy (non-hydrogen) atoms. The van der Waals surface area contributed by atoms with Gasteiger partial charge in [0.25, 0.3) is 6.47 Å². The van der Waals surface area contributed by atoms with Crippen LogP contribution in [0.1, 0.15) is 12.8 Å². The van der Waals surface area contributed by atoms with Crippen molar-refractivity contribution in [3.8, 4) is 0 Å². The average Bonchev–Trinajstić information content (AvgIpc) is 2.95. The van der Waals surface area contributed by atoms with Gasteiger partial charge >= 0.3 is 0 Å². The van der Waals surface area contributed by atoms with Gasteiger partial charge in [-0.25, -0.2) is 23.5 Å². The van der Waals surface area contributed by atoms with Crippen LogP contribution in [0.5, 0.6) is 0 Å². The highest BCUT2D eigenvalue weighted by atomic mass is 32.2. The standard InChI is InChI=1S/C12H17N5O2S.CH2O2/c13-20(18,19)7-9-2-5-17(6-3-9)12-11-10(1-4-14-11)15-8-16-12;2-1-3/h1,4,8-9,14H,2-3,5-7H2,(H2,13,18,19);1H,(H,2,3). The highest BCUT2D eigenvalue weighted by Crippen LogP contribution is 2.26. The number of hydrogen-bond acceptors (Lipinski definition) is 6. The van der Waals surface area contributed by atoms with Gasteiger partial charge in [-0.3, -0.25) is 4.79 Å². The Balaban J connectivity index is 0.000000595. The molecule has 0 aromatic carbocycles. The first kappa shape index (κ1) is 17.2. The summed E-state index contributed by atoms with van der Waals surface area (Å²) >= 11 is 0. The van der Waals surface area contributed by atoms with E-state index in [0.29, 0.717) is 0 Å². The second kappa shape index (κ2) is 7.38. The Morgan fingerprint density at radius 3 is 2.65 bits per heavy atom. The fourth-order valence-corrected chi connectivity index (χ4v) is 3.73. The highest BCUT2D eigenvalue weighted by molar-refractivity contribution is 7.89. The van der Waals surface area contributed by atoms with Crippen LogP contribution in [0.3, 0.4) is 0 Å². The number of aromatic amines is 1. The summed E-state index contributed by atoms with van der Waals surface area (Å²) in [6.07, 6.45) is 5.02. The number of piperidine rings is 1. The number of rotatable bonds is 3. The molecule has 1 aliphatic heterocycles. The zero-order valence-corrected chi connectivity index (χ0v) is 13.2. The summed E-state index contributed by atoms with van der Waals surface area (Å²) in [4.78, 5) is 22.2. The molecule has 1 fully saturated rings. The molecule has 9 nitrogen and oxygen atoms in total. The second-order valence-electron chi connectivity index (χ2n) is 5.30. The minimum absolute atomic E-state index is 0.0720. The second-order valence-corrected chi connectivity index (χ2v) is 6.96. The molecule has 0 unspecified atom stereocenters. The van der Waals surface area contributed by atoms with Crippen molar-refractivity contribution in [2.75, 3.05) is 23.7 Å². The first-order chi connectivity index (χ1) is 10.9. The van der Waals surface area contributed by atoms with Gasteiger partial charge in [0.1, 0.15) is 11.8 Å². The molecule has 10 heteroatoms. The van der Waals surface area contributed by atoms with Gasteiger partial charge in [-0.1, -0.05) is 0 Å². The first-order valence-electron chi connectivity index (χ1n) is 7.06. The molecule has 0 atom stereocenters. The van der Waals surface area contributed by atoms with Crippen LogP contribution in [0.15, 0.2) is 18.6 Å². The third kappa shape index (κ3) is 4.63. The lowest BCUT2D eigenvalue weighted by Crippen LogP contribution is -2.37. The molecular weight excluding hydrogens is 322 g/mol. The van der Waals surface area contributed by atoms with Crippen LogP contribution in [0.2, 0.25) is 0 Å². The van der Waals surface area contributed by atoms with Crippen LogP contribution < -0.4 is 10.0 Å². The molecule has 2 aromatic rings. The summed E-state index contributed by atoms with van der Waals surface area (Å²) in [6.45, 7) is 1.32. The van der Waals surface area contributed by atoms with Gasteiger partial charge < -0.3 is 15.0 Å². The van der Waals surface area contributed by atoms with Crippen molar-refractivity contribution in [3.05, 3.63) is 18.6 Å². The van der Waals surface area contributed by atoms with Gasteiger partial charge in [0.05, 0.1) is 11.3 Å². The zero-order valence-electron chi connectivity index (χ0n) is 12.4. The number of nitrogens with one attached hydrogen (secondary N) is 1. The summed E-state index contributed by atoms with van der Waals surface area (Å²) in [5, 5.41) is 12.0. The quantitative estimate of drug-likeness (QED) is 0.675. The number of carbonyl (C=O) groups is 1. The predicted octanol–water partition coefficient (Wildman–Crippen LogP) is 0.164. The van der Waals surface area contributed by atoms with Crippen LogP contribution in [0.4, 0.5) is 5.82 Å². The number of H-pyrrole nitrogens is 1. The molecule has 0 radical (unpaired) electrons. The molecule has 2 aromatic heterocycles. The molecule has 0 spiro atoms. The van der Waals surface area contributed by atoms with Crippen molar-refractivity contribution < 1.29 is 18.3 Å². The average molecular weight is 341 g/mol. The Labute approximate surface area is 133 Å². The smallest absolute Gasteiger partial charge is 0.290 e. The SMILES string of the molecule is NS(=O)(=O)CC1CCN(c2ncnc3cc[nH]c23)CC1.O=CO. The fraction of sp³-hybridized carbons (Fsp3) is 0.462. The fourth-order valence-electron chi connectivity index (χ4n) is 2.74. The monoisotopic (exact) mass is 341 g/mol. The molecule has 1 aliphatic rings. The number of aromatic nitrogens is 3. The lowest BCUT2D eigenvalue weighted by molar-refractivity contribution is -0.122. The van der Waals surface area contributed by atoms with E-state index in [-0.39, 0.29) is 18.1 Å². The number of hydrogen-bond donors (Lipinski definition) is 3. The molecule has 1 saturated heterocycles. The van der Waals surface area contributed by atoms with Gasteiger partial charge in [-0.15, -0.1) is 0 Å². The van der Waals surface area contributed by atoms with E-state index in [9.17, 15) is 8.42 Å². The Hall–Kier alpha value is -2.20. The Kier molecular flexibility index (Phi) is 5.50. The number of carboxylic acid groups (broad SMARTS) is 1. The number of primary sulfonamides is 1. The van der Waals surface area contributed by atoms with E-state index in [1.807, 2.05) is 12.3 Å². The Bertz CT molecular complexity index is 753. The van der Waals surface area contributed by atoms with Crippen molar-refractivity contribution in [1.29, 1.82) is 0 Å². The van der Waals surface area contributed by atoms with E-state index < -0.39 is 10.0 Å². The molecule has 126 valence electrons. The van der Waals surface area contributed by atoms with E-state index in [0.717, 1.165) is 42.8 Å². The van der Waals surface area contributed by atoms with Gasteiger partial charge in [-0.2, -0.15) is 0 Å². The maximum atomic E-state index is 11.1. The van der Waals surface area contributed by atoms with Crippen molar-refractivity contribution in [1.82, 2.24) is 15.0 Å². The van der Waals surface area contributed by atoms with Crippen LogP contribution in [-0.2, 0) is 14.8 Å². The number of sulfonamides is 1. The first-order valence-corrected chi connectivity index (χ1v) is 8.77. The molecule has 0 amide bonds. The molecule has 0 bridgehead atoms. The van der Waals surface area contributed by atoms with Crippen molar-refractivity contribution in [2.45, 2.75) is 12.8 Å². The van der Waals surface area contributed by atoms with Crippen LogP contribution in [0, 0.1) is 5.92 Å². The molecular formula is C13H19N5O4S. The third-order valence-electron chi connectivity index (χ3n) is 3.71. The van der Waals surface area contributed by atoms with E-state index in [2.05, 4.69) is 19.9 Å². The number of nitrogens with two attached hydrogens (primary N) is 1. The number of fused-ring (bicyclic) bond motifs is 1. The van der Waals surface area contributed by atoms with Gasteiger partial charge in [0, 0.05) is 19.3 Å². The molecule has 0 aliphatic carbocycles. The van der Waals surface area contributed by atoms with Crippen LogP contribution in [-0.4, -0.2) is 53.8 Å². The predicted molar refractivity (Wildman–Crippen MR) is 85.5 cm³/mol. The van der Waals surface area contributed by atoms with Gasteiger partial charge in [0.2, 0.25) is 10.0 Å². The maximum Gasteiger partial charge on any atom is 0.290 e. The minimum atomic E-state index is -3.38. The lowest BCUT2D eigenvalue weighted by Gasteiger charge is -2.32. The molecule has 0 saturated carbocycles. The van der Waals surface area contributed by atoms with E-state index in [4.69, 9.17) is 15.0 Å². The normalized spacial score (nSPS) is 16.0. The van der Waals surface area contributed by atoms with Gasteiger partial charge in [-0.05, 0) is 24.8 Å². The van der Waals surface area contributed by atoms with E-state index in [1.54, 1.807) is 6.33 Å². The van der Waals surface area contributed by atoms with Crippen molar-refractivity contribution >= 4 is 33.3 Å². The maximum absolute atomic E-state index is 11.1. The summed E-state index contributed by atoms with van der Waals surface area (Å²) in [5.74, 6) is 1.10.